The molecular weight excluding hydrogens is 288 g/mol. The van der Waals surface area contributed by atoms with E-state index >= 15 is 0 Å². The number of fused-ring (bicyclic) bond motifs is 1. The van der Waals surface area contributed by atoms with Gasteiger partial charge in [0.2, 0.25) is 0 Å². The first kappa shape index (κ1) is 14.3. The molecule has 1 unspecified atom stereocenters. The molecule has 3 heterocycles. The first-order valence-electron chi connectivity index (χ1n) is 7.11. The van der Waals surface area contributed by atoms with Gasteiger partial charge in [-0.25, -0.2) is 0 Å². The summed E-state index contributed by atoms with van der Waals surface area (Å²) in [6.45, 7) is 10.8. The molecule has 0 radical (unpaired) electrons. The normalized spacial score (nSPS) is 27.4. The van der Waals surface area contributed by atoms with Crippen molar-refractivity contribution in [3.63, 3.8) is 0 Å². The van der Waals surface area contributed by atoms with Crippen LogP contribution in [0.4, 0.5) is 0 Å². The number of hydrogen-bond donors (Lipinski definition) is 1. The van der Waals surface area contributed by atoms with Crippen molar-refractivity contribution >= 4 is 33.9 Å². The second-order valence-corrected chi connectivity index (χ2v) is 8.28. The second kappa shape index (κ2) is 5.30. The lowest BCUT2D eigenvalue weighted by atomic mass is 10.1. The summed E-state index contributed by atoms with van der Waals surface area (Å²) in [4.78, 5) is 11.7. The summed E-state index contributed by atoms with van der Waals surface area (Å²) < 4.78 is 0. The van der Waals surface area contributed by atoms with Crippen LogP contribution in [-0.4, -0.2) is 45.7 Å². The van der Waals surface area contributed by atoms with Crippen molar-refractivity contribution in [1.82, 2.24) is 10.2 Å². The van der Waals surface area contributed by atoms with E-state index in [0.717, 1.165) is 24.0 Å². The minimum Gasteiger partial charge on any atom is -0.358 e. The predicted octanol–water partition coefficient (Wildman–Crippen LogP) is 2.74. The zero-order chi connectivity index (χ0) is 14.3. The van der Waals surface area contributed by atoms with E-state index in [9.17, 15) is 0 Å². The van der Waals surface area contributed by atoms with Crippen molar-refractivity contribution in [2.45, 2.75) is 39.3 Å². The molecule has 1 atom stereocenters. The molecule has 0 saturated heterocycles. The molecule has 0 spiro atoms. The average molecular weight is 310 g/mol. The first-order chi connectivity index (χ1) is 9.44. The Labute approximate surface area is 129 Å². The largest absolute Gasteiger partial charge is 0.358 e. The first-order valence-corrected chi connectivity index (χ1v) is 8.98. The van der Waals surface area contributed by atoms with E-state index in [2.05, 4.69) is 48.3 Å². The maximum atomic E-state index is 4.80. The van der Waals surface area contributed by atoms with Crippen LogP contribution in [0.3, 0.4) is 0 Å². The van der Waals surface area contributed by atoms with Crippen molar-refractivity contribution in [3.8, 4) is 0 Å². The highest BCUT2D eigenvalue weighted by Gasteiger charge is 2.33. The Balaban J connectivity index is 1.54. The zero-order valence-electron chi connectivity index (χ0n) is 12.5. The number of nitrogens with zero attached hydrogens (tertiary/aromatic N) is 3. The highest BCUT2D eigenvalue weighted by molar-refractivity contribution is 8.17. The summed E-state index contributed by atoms with van der Waals surface area (Å²) in [5.41, 5.74) is 1.49. The maximum absolute atomic E-state index is 4.80. The van der Waals surface area contributed by atoms with Gasteiger partial charge in [-0.2, -0.15) is 0 Å². The Bertz CT molecular complexity index is 493. The molecule has 0 aromatic carbocycles. The van der Waals surface area contributed by atoms with Crippen molar-refractivity contribution in [2.24, 2.45) is 15.9 Å². The fourth-order valence-electron chi connectivity index (χ4n) is 2.37. The van der Waals surface area contributed by atoms with Gasteiger partial charge in [-0.05, 0) is 25.2 Å². The second-order valence-electron chi connectivity index (χ2n) is 6.48. The molecule has 0 saturated carbocycles. The molecule has 0 amide bonds. The van der Waals surface area contributed by atoms with Crippen LogP contribution in [0.2, 0.25) is 0 Å². The molecule has 110 valence electrons. The summed E-state index contributed by atoms with van der Waals surface area (Å²) in [6, 6.07) is 0.451. The minimum atomic E-state index is 0.115. The van der Waals surface area contributed by atoms with Crippen LogP contribution in [0.5, 0.6) is 0 Å². The molecule has 3 aliphatic rings. The molecular formula is C14H22N4S2. The van der Waals surface area contributed by atoms with Gasteiger partial charge < -0.3 is 10.2 Å². The Morgan fingerprint density at radius 3 is 3.00 bits per heavy atom. The van der Waals surface area contributed by atoms with Crippen molar-refractivity contribution < 1.29 is 0 Å². The van der Waals surface area contributed by atoms with Gasteiger partial charge >= 0.3 is 0 Å². The molecule has 4 nitrogen and oxygen atoms in total. The fourth-order valence-corrected chi connectivity index (χ4v) is 4.47. The maximum Gasteiger partial charge on any atom is 0.168 e. The Kier molecular flexibility index (Phi) is 3.79. The Morgan fingerprint density at radius 1 is 1.55 bits per heavy atom. The number of hydrogen-bond acceptors (Lipinski definition) is 6. The molecule has 0 aromatic rings. The fraction of sp³-hybridized carbons (Fsp3) is 0.714. The van der Waals surface area contributed by atoms with E-state index < -0.39 is 0 Å². The van der Waals surface area contributed by atoms with Crippen LogP contribution in [0.15, 0.2) is 21.1 Å². The van der Waals surface area contributed by atoms with Gasteiger partial charge in [0.25, 0.3) is 0 Å². The number of amidine groups is 2. The van der Waals surface area contributed by atoms with Gasteiger partial charge in [-0.3, -0.25) is 9.98 Å². The van der Waals surface area contributed by atoms with E-state index in [-0.39, 0.29) is 5.54 Å². The van der Waals surface area contributed by atoms with Gasteiger partial charge in [0.15, 0.2) is 10.3 Å². The third-order valence-electron chi connectivity index (χ3n) is 3.71. The molecule has 3 rings (SSSR count). The van der Waals surface area contributed by atoms with Crippen LogP contribution < -0.4 is 5.32 Å². The van der Waals surface area contributed by atoms with Gasteiger partial charge in [0, 0.05) is 18.0 Å². The summed E-state index contributed by atoms with van der Waals surface area (Å²) in [7, 11) is 0. The average Bonchev–Trinajstić information content (AvgIpc) is 3.00. The van der Waals surface area contributed by atoms with Crippen molar-refractivity contribution in [1.29, 1.82) is 0 Å². The monoisotopic (exact) mass is 310 g/mol. The molecule has 0 fully saturated rings. The topological polar surface area (TPSA) is 40.0 Å². The number of nitrogens with one attached hydrogen (secondary N) is 1. The summed E-state index contributed by atoms with van der Waals surface area (Å²) >= 11 is 3.57. The smallest absolute Gasteiger partial charge is 0.168 e. The zero-order valence-corrected chi connectivity index (χ0v) is 14.1. The van der Waals surface area contributed by atoms with Crippen LogP contribution >= 0.6 is 23.5 Å². The minimum absolute atomic E-state index is 0.115. The molecule has 20 heavy (non-hydrogen) atoms. The van der Waals surface area contributed by atoms with Crippen LogP contribution in [0.25, 0.3) is 0 Å². The van der Waals surface area contributed by atoms with E-state index in [1.807, 2.05) is 0 Å². The summed E-state index contributed by atoms with van der Waals surface area (Å²) in [5.74, 6) is 1.59. The standard InChI is InChI=1S/C14H22N4S2/c1-9(2)11-5-18-10(7-20-13(18)16-11)6-19-12-15-8-14(3,4)17-12/h7,9,11H,5-6,8H2,1-4H3,(H,15,17). The van der Waals surface area contributed by atoms with Crippen molar-refractivity contribution in [2.75, 3.05) is 18.8 Å². The molecule has 0 bridgehead atoms. The number of rotatable bonds is 3. The van der Waals surface area contributed by atoms with E-state index in [4.69, 9.17) is 4.99 Å². The molecule has 3 aliphatic heterocycles. The number of aliphatic imine (C=N–C) groups is 2. The van der Waals surface area contributed by atoms with Gasteiger partial charge in [-0.15, -0.1) is 0 Å². The van der Waals surface area contributed by atoms with Crippen LogP contribution in [-0.2, 0) is 0 Å². The highest BCUT2D eigenvalue weighted by Crippen LogP contribution is 2.34. The Morgan fingerprint density at radius 2 is 2.35 bits per heavy atom. The van der Waals surface area contributed by atoms with Crippen molar-refractivity contribution in [3.05, 3.63) is 11.1 Å². The van der Waals surface area contributed by atoms with Gasteiger partial charge in [-0.1, -0.05) is 37.4 Å². The SMILES string of the molecule is CC(C)C1CN2C(CSC3=NCC(C)(C)N3)=CSC2=N1. The predicted molar refractivity (Wildman–Crippen MR) is 90.4 cm³/mol. The van der Waals surface area contributed by atoms with Gasteiger partial charge in [0.1, 0.15) is 0 Å². The van der Waals surface area contributed by atoms with E-state index in [1.54, 1.807) is 23.5 Å². The highest BCUT2D eigenvalue weighted by atomic mass is 32.2. The van der Waals surface area contributed by atoms with Gasteiger partial charge in [0.05, 0.1) is 18.1 Å². The summed E-state index contributed by atoms with van der Waals surface area (Å²) in [5, 5.41) is 7.97. The molecule has 0 aromatic heterocycles. The lowest BCUT2D eigenvalue weighted by Gasteiger charge is -2.20. The van der Waals surface area contributed by atoms with Crippen LogP contribution in [0, 0.1) is 5.92 Å². The quantitative estimate of drug-likeness (QED) is 0.870. The lowest BCUT2D eigenvalue weighted by Crippen LogP contribution is -2.38. The molecule has 6 heteroatoms. The number of thioether (sulfide) groups is 2. The molecule has 1 N–H and O–H groups in total. The molecule has 0 aliphatic carbocycles. The lowest BCUT2D eigenvalue weighted by molar-refractivity contribution is 0.436. The summed E-state index contributed by atoms with van der Waals surface area (Å²) in [6.07, 6.45) is 0. The third kappa shape index (κ3) is 2.86. The van der Waals surface area contributed by atoms with E-state index in [0.29, 0.717) is 12.0 Å². The third-order valence-corrected chi connectivity index (χ3v) is 5.58. The Hall–Kier alpha value is -0.620. The van der Waals surface area contributed by atoms with E-state index in [1.165, 1.54) is 10.9 Å². The van der Waals surface area contributed by atoms with Crippen LogP contribution in [0.1, 0.15) is 27.7 Å².